The molecule has 0 aliphatic rings. The Morgan fingerprint density at radius 2 is 0.957 bits per heavy atom. The summed E-state index contributed by atoms with van der Waals surface area (Å²) in [5, 5.41) is 0. The van der Waals surface area contributed by atoms with Gasteiger partial charge in [-0.3, -0.25) is 0 Å². The van der Waals surface area contributed by atoms with Gasteiger partial charge in [-0.25, -0.2) is 0 Å². The molecule has 140 valence electrons. The van der Waals surface area contributed by atoms with E-state index in [2.05, 4.69) is 20.8 Å². The van der Waals surface area contributed by atoms with Crippen LogP contribution in [0.2, 0.25) is 6.04 Å². The third-order valence-corrected chi connectivity index (χ3v) is 12.9. The highest BCUT2D eigenvalue weighted by molar-refractivity contribution is 7.75. The second kappa shape index (κ2) is 13.8. The fraction of sp³-hybridized carbons (Fsp3) is 1.00. The van der Waals surface area contributed by atoms with Crippen molar-refractivity contribution in [1.82, 2.24) is 0 Å². The van der Waals surface area contributed by atoms with Crippen LogP contribution in [0.25, 0.3) is 0 Å². The summed E-state index contributed by atoms with van der Waals surface area (Å²) in [5.41, 5.74) is 0. The van der Waals surface area contributed by atoms with Gasteiger partial charge in [-0.2, -0.15) is 0 Å². The summed E-state index contributed by atoms with van der Waals surface area (Å²) in [4.78, 5) is 0. The monoisotopic (exact) mass is 365 g/mol. The Kier molecular flexibility index (Phi) is 14.1. The van der Waals surface area contributed by atoms with Crippen molar-refractivity contribution >= 4 is 16.1 Å². The molecule has 0 aromatic heterocycles. The molecule has 0 bridgehead atoms. The van der Waals surface area contributed by atoms with Crippen LogP contribution >= 0.6 is 7.26 Å². The Hall–Kier alpha value is 0.527. The summed E-state index contributed by atoms with van der Waals surface area (Å²) in [7, 11) is 1.99. The molecule has 0 saturated carbocycles. The number of hydrogen-bond acceptors (Lipinski definition) is 3. The summed E-state index contributed by atoms with van der Waals surface area (Å²) in [5.74, 6) is 0. The van der Waals surface area contributed by atoms with Crippen molar-refractivity contribution in [3.63, 3.8) is 0 Å². The maximum absolute atomic E-state index is 5.60. The van der Waals surface area contributed by atoms with Gasteiger partial charge in [0.15, 0.2) is 0 Å². The molecule has 0 spiro atoms. The molecular formula is C18H42O3PSi+. The van der Waals surface area contributed by atoms with Gasteiger partial charge < -0.3 is 13.3 Å². The lowest BCUT2D eigenvalue weighted by molar-refractivity contribution is 0.123. The molecule has 0 aromatic carbocycles. The molecule has 3 nitrogen and oxygen atoms in total. The zero-order chi connectivity index (χ0) is 17.6. The lowest BCUT2D eigenvalue weighted by Crippen LogP contribution is -2.42. The lowest BCUT2D eigenvalue weighted by atomic mass is 10.4. The highest BCUT2D eigenvalue weighted by atomic mass is 31.2. The van der Waals surface area contributed by atoms with Crippen molar-refractivity contribution in [1.29, 1.82) is 0 Å². The maximum atomic E-state index is 5.60. The quantitative estimate of drug-likeness (QED) is 0.260. The summed E-state index contributed by atoms with van der Waals surface area (Å²) in [6, 6.07) is 0.961. The van der Waals surface area contributed by atoms with E-state index in [0.717, 1.165) is 6.04 Å². The second-order valence-corrected chi connectivity index (χ2v) is 14.3. The van der Waals surface area contributed by atoms with Crippen LogP contribution in [-0.2, 0) is 13.3 Å². The Bertz CT molecular complexity index is 243. The van der Waals surface area contributed by atoms with Gasteiger partial charge in [0.1, 0.15) is 0 Å². The van der Waals surface area contributed by atoms with E-state index in [1.54, 1.807) is 21.3 Å². The van der Waals surface area contributed by atoms with Gasteiger partial charge in [0, 0.05) is 34.6 Å². The molecule has 0 heterocycles. The highest BCUT2D eigenvalue weighted by Gasteiger charge is 2.40. The zero-order valence-corrected chi connectivity index (χ0v) is 18.6. The zero-order valence-electron chi connectivity index (χ0n) is 16.7. The molecule has 23 heavy (non-hydrogen) atoms. The van der Waals surface area contributed by atoms with Crippen LogP contribution in [0.4, 0.5) is 0 Å². The first-order chi connectivity index (χ1) is 11.1. The predicted molar refractivity (Wildman–Crippen MR) is 107 cm³/mol. The first kappa shape index (κ1) is 23.5. The Morgan fingerprint density at radius 1 is 0.609 bits per heavy atom. The van der Waals surface area contributed by atoms with E-state index in [1.807, 2.05) is 0 Å². The smallest absolute Gasteiger partial charge is 0.377 e. The molecule has 0 rings (SSSR count). The van der Waals surface area contributed by atoms with Crippen molar-refractivity contribution in [2.24, 2.45) is 0 Å². The minimum atomic E-state index is -2.39. The Morgan fingerprint density at radius 3 is 1.26 bits per heavy atom. The van der Waals surface area contributed by atoms with Crippen LogP contribution in [0.15, 0.2) is 0 Å². The lowest BCUT2D eigenvalue weighted by Gasteiger charge is -2.30. The van der Waals surface area contributed by atoms with Crippen LogP contribution in [0.5, 0.6) is 0 Å². The molecular weight excluding hydrogens is 323 g/mol. The molecule has 5 heteroatoms. The van der Waals surface area contributed by atoms with Gasteiger partial charge in [-0.15, -0.1) is 0 Å². The normalized spacial score (nSPS) is 12.8. The van der Waals surface area contributed by atoms with E-state index in [1.165, 1.54) is 69.6 Å². The third kappa shape index (κ3) is 8.97. The van der Waals surface area contributed by atoms with Gasteiger partial charge in [0.05, 0.1) is 24.6 Å². The standard InChI is InChI=1S/C18H42O3PSi/c1-7-10-14-22(15-11-8-2,16-12-9-3)17-13-18-23(19-4,20-5)21-6/h7-18H2,1-6H3/q+1. The SMILES string of the molecule is CCCC[P+](CCCC)(CCCC)CCC[Si](OC)(OC)OC. The minimum Gasteiger partial charge on any atom is -0.377 e. The predicted octanol–water partition coefficient (Wildman–Crippen LogP) is 5.67. The average Bonchev–Trinajstić information content (AvgIpc) is 2.60. The molecule has 0 N–H and O–H groups in total. The molecule has 0 aromatic rings. The van der Waals surface area contributed by atoms with Gasteiger partial charge in [-0.05, 0) is 25.7 Å². The Balaban J connectivity index is 4.80. The van der Waals surface area contributed by atoms with E-state index in [9.17, 15) is 0 Å². The van der Waals surface area contributed by atoms with Crippen molar-refractivity contribution in [3.8, 4) is 0 Å². The first-order valence-corrected chi connectivity index (χ1v) is 14.0. The number of unbranched alkanes of at least 4 members (excludes halogenated alkanes) is 3. The van der Waals surface area contributed by atoms with Crippen molar-refractivity contribution in [2.45, 2.75) is 71.8 Å². The van der Waals surface area contributed by atoms with Gasteiger partial charge >= 0.3 is 8.80 Å². The second-order valence-electron chi connectivity index (χ2n) is 6.70. The first-order valence-electron chi connectivity index (χ1n) is 9.58. The van der Waals surface area contributed by atoms with Crippen LogP contribution in [0, 0.1) is 0 Å². The van der Waals surface area contributed by atoms with E-state index >= 15 is 0 Å². The van der Waals surface area contributed by atoms with Gasteiger partial charge in [0.25, 0.3) is 0 Å². The molecule has 0 aliphatic carbocycles. The molecule has 0 amide bonds. The van der Waals surface area contributed by atoms with Crippen LogP contribution in [-0.4, -0.2) is 54.8 Å². The van der Waals surface area contributed by atoms with Crippen LogP contribution < -0.4 is 0 Å². The molecule has 0 fully saturated rings. The van der Waals surface area contributed by atoms with Crippen LogP contribution in [0.1, 0.15) is 65.7 Å². The van der Waals surface area contributed by atoms with E-state index in [0.29, 0.717) is 0 Å². The number of hydrogen-bond donors (Lipinski definition) is 0. The van der Waals surface area contributed by atoms with Crippen LogP contribution in [0.3, 0.4) is 0 Å². The average molecular weight is 366 g/mol. The minimum absolute atomic E-state index is 0.808. The topological polar surface area (TPSA) is 27.7 Å². The maximum Gasteiger partial charge on any atom is 0.500 e. The van der Waals surface area contributed by atoms with Gasteiger partial charge in [-0.1, -0.05) is 40.0 Å². The van der Waals surface area contributed by atoms with Crippen molar-refractivity contribution in [3.05, 3.63) is 0 Å². The van der Waals surface area contributed by atoms with Gasteiger partial charge in [0.2, 0.25) is 0 Å². The van der Waals surface area contributed by atoms with E-state index < -0.39 is 16.1 Å². The van der Waals surface area contributed by atoms with Crippen molar-refractivity contribution in [2.75, 3.05) is 46.0 Å². The van der Waals surface area contributed by atoms with Crippen molar-refractivity contribution < 1.29 is 13.3 Å². The Labute approximate surface area is 147 Å². The fourth-order valence-electron chi connectivity index (χ4n) is 3.34. The molecule has 0 atom stereocenters. The summed E-state index contributed by atoms with van der Waals surface area (Å²) in [6.07, 6.45) is 15.3. The van der Waals surface area contributed by atoms with E-state index in [-0.39, 0.29) is 0 Å². The largest absolute Gasteiger partial charge is 0.500 e. The summed E-state index contributed by atoms with van der Waals surface area (Å²) in [6.45, 7) is 6.98. The number of rotatable bonds is 16. The molecule has 0 unspecified atom stereocenters. The molecule has 0 aliphatic heterocycles. The fourth-order valence-corrected chi connectivity index (χ4v) is 10.5. The van der Waals surface area contributed by atoms with E-state index in [4.69, 9.17) is 13.3 Å². The molecule has 0 saturated heterocycles. The summed E-state index contributed by atoms with van der Waals surface area (Å²) >= 11 is 0. The molecule has 0 radical (unpaired) electrons. The highest BCUT2D eigenvalue weighted by Crippen LogP contribution is 2.61. The summed E-state index contributed by atoms with van der Waals surface area (Å²) < 4.78 is 16.8. The third-order valence-electron chi connectivity index (χ3n) is 5.01.